The number of aldehydes is 1. The lowest BCUT2D eigenvalue weighted by Gasteiger charge is -2.40. The fourth-order valence-electron chi connectivity index (χ4n) is 3.81. The number of hydrogen-bond donors (Lipinski definition) is 2. The largest absolute Gasteiger partial charge is 0.381 e. The zero-order valence-corrected chi connectivity index (χ0v) is 15.9. The van der Waals surface area contributed by atoms with Crippen molar-refractivity contribution in [2.75, 3.05) is 5.32 Å². The van der Waals surface area contributed by atoms with Gasteiger partial charge in [-0.15, -0.1) is 0 Å². The molecule has 2 aromatic rings. The lowest BCUT2D eigenvalue weighted by molar-refractivity contribution is -0.138. The molecule has 0 aliphatic carbocycles. The number of fused-ring (bicyclic) bond motifs is 1. The van der Waals surface area contributed by atoms with Gasteiger partial charge in [0.2, 0.25) is 11.8 Å². The van der Waals surface area contributed by atoms with Crippen molar-refractivity contribution < 1.29 is 23.6 Å². The molecule has 0 bridgehead atoms. The van der Waals surface area contributed by atoms with Gasteiger partial charge < -0.3 is 10.2 Å². The minimum atomic E-state index is -1.62. The summed E-state index contributed by atoms with van der Waals surface area (Å²) in [5.74, 6) is -2.14. The van der Waals surface area contributed by atoms with Gasteiger partial charge in [0.15, 0.2) is 6.29 Å². The molecular formula is C21H17BFN3O4. The summed E-state index contributed by atoms with van der Waals surface area (Å²) >= 11 is 0. The summed E-state index contributed by atoms with van der Waals surface area (Å²) in [6, 6.07) is 9.59. The fraction of sp³-hybridized carbons (Fsp3) is 0.238. The van der Waals surface area contributed by atoms with E-state index >= 15 is 0 Å². The van der Waals surface area contributed by atoms with Crippen LogP contribution in [0.5, 0.6) is 0 Å². The lowest BCUT2D eigenvalue weighted by Crippen LogP contribution is -2.63. The average Bonchev–Trinajstić information content (AvgIpc) is 3.08. The van der Waals surface area contributed by atoms with Gasteiger partial charge in [-0.05, 0) is 24.6 Å². The van der Waals surface area contributed by atoms with E-state index in [0.717, 1.165) is 0 Å². The summed E-state index contributed by atoms with van der Waals surface area (Å²) in [4.78, 5) is 49.0. The van der Waals surface area contributed by atoms with Gasteiger partial charge in [0.1, 0.15) is 13.7 Å². The fourth-order valence-corrected chi connectivity index (χ4v) is 3.81. The number of carbonyl (C=O) groups excluding carboxylic acids is 4. The van der Waals surface area contributed by atoms with E-state index in [-0.39, 0.29) is 31.5 Å². The average molecular weight is 405 g/mol. The second kappa shape index (κ2) is 7.40. The Balaban J connectivity index is 1.59. The van der Waals surface area contributed by atoms with Gasteiger partial charge in [-0.1, -0.05) is 18.2 Å². The Bertz CT molecular complexity index is 1090. The number of anilines is 1. The normalized spacial score (nSPS) is 20.7. The molecule has 3 amide bonds. The maximum Gasteiger partial charge on any atom is 0.254 e. The van der Waals surface area contributed by atoms with E-state index in [2.05, 4.69) is 10.6 Å². The van der Waals surface area contributed by atoms with Crippen LogP contribution in [-0.4, -0.2) is 42.2 Å². The van der Waals surface area contributed by atoms with Gasteiger partial charge in [-0.3, -0.25) is 24.5 Å². The SMILES string of the molecule is [B]C1(N2Cc3c(NCc4cccc(C=O)c4F)cccc3C2=O)CCC(=O)NC1=O. The van der Waals surface area contributed by atoms with Crippen molar-refractivity contribution in [2.45, 2.75) is 31.4 Å². The Morgan fingerprint density at radius 3 is 2.70 bits per heavy atom. The van der Waals surface area contributed by atoms with Crippen molar-refractivity contribution in [3.8, 4) is 0 Å². The molecule has 1 unspecified atom stereocenters. The van der Waals surface area contributed by atoms with E-state index in [1.807, 2.05) is 0 Å². The molecule has 2 heterocycles. The third-order valence-corrected chi connectivity index (χ3v) is 5.53. The maximum atomic E-state index is 14.3. The number of piperidine rings is 1. The highest BCUT2D eigenvalue weighted by Gasteiger charge is 2.48. The highest BCUT2D eigenvalue weighted by molar-refractivity contribution is 6.32. The molecule has 150 valence electrons. The van der Waals surface area contributed by atoms with Gasteiger partial charge in [0.25, 0.3) is 5.91 Å². The Morgan fingerprint density at radius 1 is 1.20 bits per heavy atom. The monoisotopic (exact) mass is 405 g/mol. The summed E-state index contributed by atoms with van der Waals surface area (Å²) in [5, 5.41) is 5.29. The molecule has 2 aliphatic rings. The third-order valence-electron chi connectivity index (χ3n) is 5.53. The molecule has 4 rings (SSSR count). The number of halogens is 1. The number of hydrogen-bond acceptors (Lipinski definition) is 5. The van der Waals surface area contributed by atoms with E-state index in [0.29, 0.717) is 28.7 Å². The van der Waals surface area contributed by atoms with Gasteiger partial charge in [-0.25, -0.2) is 4.39 Å². The van der Waals surface area contributed by atoms with Crippen LogP contribution in [0.15, 0.2) is 36.4 Å². The number of carbonyl (C=O) groups is 4. The maximum absolute atomic E-state index is 14.3. The smallest absolute Gasteiger partial charge is 0.254 e. The predicted molar refractivity (Wildman–Crippen MR) is 106 cm³/mol. The molecule has 0 aromatic heterocycles. The van der Waals surface area contributed by atoms with Crippen LogP contribution in [0.1, 0.15) is 44.7 Å². The number of nitrogens with zero attached hydrogens (tertiary/aromatic N) is 1. The Labute approximate surface area is 173 Å². The Morgan fingerprint density at radius 2 is 1.97 bits per heavy atom. The highest BCUT2D eigenvalue weighted by atomic mass is 19.1. The van der Waals surface area contributed by atoms with E-state index in [4.69, 9.17) is 7.85 Å². The van der Waals surface area contributed by atoms with Crippen LogP contribution in [0, 0.1) is 5.82 Å². The molecule has 2 aromatic carbocycles. The van der Waals surface area contributed by atoms with Gasteiger partial charge in [-0.2, -0.15) is 0 Å². The first-order valence-corrected chi connectivity index (χ1v) is 9.38. The zero-order valence-electron chi connectivity index (χ0n) is 15.9. The number of imide groups is 1. The molecule has 2 N–H and O–H groups in total. The number of benzene rings is 2. The zero-order chi connectivity index (χ0) is 21.5. The topological polar surface area (TPSA) is 95.6 Å². The minimum Gasteiger partial charge on any atom is -0.381 e. The molecule has 1 saturated heterocycles. The summed E-state index contributed by atoms with van der Waals surface area (Å²) in [5.41, 5.74) is 0.262. The molecular weight excluding hydrogens is 388 g/mol. The minimum absolute atomic E-state index is 0.0307. The molecule has 2 radical (unpaired) electrons. The van der Waals surface area contributed by atoms with E-state index in [1.165, 1.54) is 11.0 Å². The third kappa shape index (κ3) is 3.16. The number of nitrogens with one attached hydrogen (secondary N) is 2. The molecule has 2 aliphatic heterocycles. The van der Waals surface area contributed by atoms with Gasteiger partial charge in [0.05, 0.1) is 11.0 Å². The predicted octanol–water partition coefficient (Wildman–Crippen LogP) is 1.51. The molecule has 1 fully saturated rings. The van der Waals surface area contributed by atoms with Gasteiger partial charge in [0, 0.05) is 41.9 Å². The van der Waals surface area contributed by atoms with Crippen LogP contribution in [-0.2, 0) is 22.7 Å². The van der Waals surface area contributed by atoms with E-state index < -0.39 is 29.0 Å². The van der Waals surface area contributed by atoms with Crippen molar-refractivity contribution >= 4 is 37.5 Å². The Kier molecular flexibility index (Phi) is 4.89. The summed E-state index contributed by atoms with van der Waals surface area (Å²) < 4.78 is 14.3. The Hall–Kier alpha value is -3.49. The second-order valence-electron chi connectivity index (χ2n) is 7.32. The molecule has 0 saturated carbocycles. The first kappa shape index (κ1) is 19.8. The van der Waals surface area contributed by atoms with Crippen molar-refractivity contribution in [3.63, 3.8) is 0 Å². The lowest BCUT2D eigenvalue weighted by atomic mass is 9.70. The van der Waals surface area contributed by atoms with Crippen LogP contribution < -0.4 is 10.6 Å². The van der Waals surface area contributed by atoms with Crippen LogP contribution in [0.4, 0.5) is 10.1 Å². The van der Waals surface area contributed by atoms with E-state index in [9.17, 15) is 23.6 Å². The summed E-state index contributed by atoms with van der Waals surface area (Å²) in [6.07, 6.45) is 0.528. The molecule has 0 spiro atoms. The first-order chi connectivity index (χ1) is 14.3. The molecule has 9 heteroatoms. The number of amides is 3. The summed E-state index contributed by atoms with van der Waals surface area (Å²) in [6.45, 7) is 0.174. The van der Waals surface area contributed by atoms with Crippen LogP contribution in [0.25, 0.3) is 0 Å². The second-order valence-corrected chi connectivity index (χ2v) is 7.32. The standard InChI is InChI=1S/C21H17BFN3O4/c22-21(8-7-17(28)25-20(21)30)26-10-15-14(19(26)29)5-2-6-16(15)24-9-12-3-1-4-13(11-27)18(12)23/h1-6,11,24H,7-10H2,(H,25,28,30). The van der Waals surface area contributed by atoms with Crippen molar-refractivity contribution in [2.24, 2.45) is 0 Å². The van der Waals surface area contributed by atoms with Gasteiger partial charge >= 0.3 is 0 Å². The molecule has 7 nitrogen and oxygen atoms in total. The van der Waals surface area contributed by atoms with E-state index in [1.54, 1.807) is 30.3 Å². The van der Waals surface area contributed by atoms with Crippen LogP contribution in [0.3, 0.4) is 0 Å². The highest BCUT2D eigenvalue weighted by Crippen LogP contribution is 2.36. The van der Waals surface area contributed by atoms with Crippen LogP contribution in [0.2, 0.25) is 0 Å². The molecule has 1 atom stereocenters. The molecule has 30 heavy (non-hydrogen) atoms. The van der Waals surface area contributed by atoms with Crippen molar-refractivity contribution in [1.29, 1.82) is 0 Å². The number of rotatable bonds is 5. The van der Waals surface area contributed by atoms with Crippen molar-refractivity contribution in [1.82, 2.24) is 10.2 Å². The van der Waals surface area contributed by atoms with Crippen molar-refractivity contribution in [3.05, 3.63) is 64.5 Å². The van der Waals surface area contributed by atoms with Crippen LogP contribution >= 0.6 is 0 Å². The summed E-state index contributed by atoms with van der Waals surface area (Å²) in [7, 11) is 6.24. The first-order valence-electron chi connectivity index (χ1n) is 9.38. The quantitative estimate of drug-likeness (QED) is 0.447.